The summed E-state index contributed by atoms with van der Waals surface area (Å²) >= 11 is 0. The van der Waals surface area contributed by atoms with Crippen LogP contribution in [0.15, 0.2) is 48.6 Å². The molecule has 0 fully saturated rings. The Morgan fingerprint density at radius 2 is 1.26 bits per heavy atom. The molecule has 0 rings (SSSR count). The smallest absolute Gasteiger partial charge is 0.472 e. The van der Waals surface area contributed by atoms with Crippen LogP contribution in [0, 0.1) is 0 Å². The predicted octanol–water partition coefficient (Wildman–Crippen LogP) is 7.49. The first-order valence-corrected chi connectivity index (χ1v) is 18.2. The summed E-state index contributed by atoms with van der Waals surface area (Å²) < 4.78 is 32.3. The molecular formula is C34H58NO10P. The van der Waals surface area contributed by atoms with Crippen LogP contribution in [0.2, 0.25) is 0 Å². The summed E-state index contributed by atoms with van der Waals surface area (Å²) in [5.41, 5.74) is 5.29. The zero-order chi connectivity index (χ0) is 34.3. The number of carbonyl (C=O) groups is 3. The molecule has 0 saturated heterocycles. The van der Waals surface area contributed by atoms with Gasteiger partial charge in [-0.2, -0.15) is 0 Å². The molecule has 46 heavy (non-hydrogen) atoms. The molecule has 0 spiro atoms. The number of allylic oxidation sites excluding steroid dienone is 8. The summed E-state index contributed by atoms with van der Waals surface area (Å²) in [6.07, 6.45) is 29.3. The molecule has 4 N–H and O–H groups in total. The summed E-state index contributed by atoms with van der Waals surface area (Å²) in [4.78, 5) is 45.4. The van der Waals surface area contributed by atoms with Crippen LogP contribution in [0.5, 0.6) is 0 Å². The molecule has 0 aromatic carbocycles. The Hall–Kier alpha value is -2.56. The van der Waals surface area contributed by atoms with E-state index in [-0.39, 0.29) is 19.4 Å². The Kier molecular flexibility index (Phi) is 28.2. The summed E-state index contributed by atoms with van der Waals surface area (Å²) in [6.45, 7) is 2.52. The lowest BCUT2D eigenvalue weighted by molar-refractivity contribution is -0.161. The Balaban J connectivity index is 4.60. The molecule has 0 heterocycles. The third-order valence-electron chi connectivity index (χ3n) is 6.62. The Morgan fingerprint density at radius 1 is 0.696 bits per heavy atom. The molecule has 0 aromatic heterocycles. The van der Waals surface area contributed by atoms with Gasteiger partial charge in [0.1, 0.15) is 12.6 Å². The van der Waals surface area contributed by atoms with Gasteiger partial charge >= 0.3 is 25.7 Å². The number of hydrogen-bond donors (Lipinski definition) is 3. The van der Waals surface area contributed by atoms with Crippen molar-refractivity contribution in [3.05, 3.63) is 48.6 Å². The lowest BCUT2D eigenvalue weighted by Crippen LogP contribution is -2.34. The average molecular weight is 672 g/mol. The normalized spacial score (nSPS) is 14.7. The van der Waals surface area contributed by atoms with Gasteiger partial charge in [0, 0.05) is 12.8 Å². The number of carbonyl (C=O) groups excluding carboxylic acids is 2. The van der Waals surface area contributed by atoms with Crippen molar-refractivity contribution < 1.29 is 47.5 Å². The molecule has 0 aliphatic heterocycles. The van der Waals surface area contributed by atoms with Crippen LogP contribution in [0.1, 0.15) is 117 Å². The number of phosphoric acid groups is 1. The highest BCUT2D eigenvalue weighted by Crippen LogP contribution is 2.43. The van der Waals surface area contributed by atoms with E-state index in [0.29, 0.717) is 12.8 Å². The minimum absolute atomic E-state index is 0.131. The zero-order valence-corrected chi connectivity index (χ0v) is 28.8. The minimum Gasteiger partial charge on any atom is -0.480 e. The second-order valence-electron chi connectivity index (χ2n) is 11.0. The molecular weight excluding hydrogens is 613 g/mol. The van der Waals surface area contributed by atoms with Crippen molar-refractivity contribution in [3.63, 3.8) is 0 Å². The molecule has 0 aromatic rings. The molecule has 0 radical (unpaired) electrons. The van der Waals surface area contributed by atoms with E-state index >= 15 is 0 Å². The second-order valence-corrected chi connectivity index (χ2v) is 12.4. The SMILES string of the molecule is CC/C=C/C=C/C=C/CCCCCCCC(=O)OC(COC(=O)CCC/C=C/CCCCCC)COP(=O)(O)OC[C@H](N)C(=O)O. The van der Waals surface area contributed by atoms with Crippen molar-refractivity contribution in [1.82, 2.24) is 0 Å². The number of carboxylic acid groups (broad SMARTS) is 1. The van der Waals surface area contributed by atoms with Gasteiger partial charge in [-0.25, -0.2) is 4.57 Å². The van der Waals surface area contributed by atoms with Gasteiger partial charge in [0.2, 0.25) is 0 Å². The van der Waals surface area contributed by atoms with E-state index in [4.69, 9.17) is 24.8 Å². The number of nitrogens with two attached hydrogens (primary N) is 1. The van der Waals surface area contributed by atoms with Gasteiger partial charge in [0.05, 0.1) is 13.2 Å². The molecule has 0 aliphatic carbocycles. The van der Waals surface area contributed by atoms with Crippen LogP contribution in [-0.4, -0.2) is 59.9 Å². The van der Waals surface area contributed by atoms with Crippen molar-refractivity contribution in [2.24, 2.45) is 5.73 Å². The molecule has 11 nitrogen and oxygen atoms in total. The maximum Gasteiger partial charge on any atom is 0.472 e. The zero-order valence-electron chi connectivity index (χ0n) is 27.9. The number of phosphoric ester groups is 1. The standard InChI is InChI=1S/C34H58NO10P/c1-3-5-7-9-11-13-14-15-16-18-20-22-24-26-33(37)45-30(28-43-46(40,41)44-29-31(35)34(38)39)27-42-32(36)25-23-21-19-17-12-10-8-6-4-2/h5,7,9,11,13-14,17,19,30-31H,3-4,6,8,10,12,15-16,18,20-29,35H2,1-2H3,(H,38,39)(H,40,41)/b7-5+,11-9+,14-13+,19-17+/t30?,31-/m0/s1. The number of rotatable bonds is 30. The average Bonchev–Trinajstić information content (AvgIpc) is 3.02. The minimum atomic E-state index is -4.71. The van der Waals surface area contributed by atoms with Crippen molar-refractivity contribution >= 4 is 25.7 Å². The number of hydrogen-bond acceptors (Lipinski definition) is 9. The van der Waals surface area contributed by atoms with Crippen molar-refractivity contribution in [2.45, 2.75) is 129 Å². The summed E-state index contributed by atoms with van der Waals surface area (Å²) in [5, 5.41) is 8.82. The highest BCUT2D eigenvalue weighted by Gasteiger charge is 2.28. The third kappa shape index (κ3) is 28.9. The van der Waals surface area contributed by atoms with Crippen molar-refractivity contribution in [3.8, 4) is 0 Å². The fraction of sp³-hybridized carbons (Fsp3) is 0.676. The van der Waals surface area contributed by atoms with Crippen LogP contribution in [0.3, 0.4) is 0 Å². The van der Waals surface area contributed by atoms with E-state index in [1.807, 2.05) is 24.3 Å². The van der Waals surface area contributed by atoms with Crippen LogP contribution >= 0.6 is 7.82 Å². The monoisotopic (exact) mass is 671 g/mol. The number of ether oxygens (including phenoxy) is 2. The molecule has 3 atom stereocenters. The lowest BCUT2D eigenvalue weighted by Gasteiger charge is -2.20. The Labute approximate surface area is 275 Å². The highest BCUT2D eigenvalue weighted by molar-refractivity contribution is 7.47. The van der Waals surface area contributed by atoms with Crippen molar-refractivity contribution in [2.75, 3.05) is 19.8 Å². The van der Waals surface area contributed by atoms with Gasteiger partial charge in [-0.1, -0.05) is 101 Å². The van der Waals surface area contributed by atoms with Crippen LogP contribution < -0.4 is 5.73 Å². The third-order valence-corrected chi connectivity index (χ3v) is 7.57. The van der Waals surface area contributed by atoms with Gasteiger partial charge in [-0.05, 0) is 51.4 Å². The number of unbranched alkanes of at least 4 members (excludes halogenated alkanes) is 10. The van der Waals surface area contributed by atoms with Crippen LogP contribution in [0.25, 0.3) is 0 Å². The Bertz CT molecular complexity index is 979. The Morgan fingerprint density at radius 3 is 1.93 bits per heavy atom. The van der Waals surface area contributed by atoms with Crippen LogP contribution in [-0.2, 0) is 37.5 Å². The summed E-state index contributed by atoms with van der Waals surface area (Å²) in [6, 6.07) is -1.53. The predicted molar refractivity (Wildman–Crippen MR) is 180 cm³/mol. The quantitative estimate of drug-likeness (QED) is 0.0227. The highest BCUT2D eigenvalue weighted by atomic mass is 31.2. The van der Waals surface area contributed by atoms with Gasteiger partial charge in [-0.3, -0.25) is 23.4 Å². The topological polar surface area (TPSA) is 172 Å². The molecule has 0 bridgehead atoms. The first kappa shape index (κ1) is 43.4. The molecule has 2 unspecified atom stereocenters. The van der Waals surface area contributed by atoms with E-state index in [0.717, 1.165) is 57.8 Å². The number of aliphatic carboxylic acids is 1. The fourth-order valence-electron chi connectivity index (χ4n) is 3.95. The van der Waals surface area contributed by atoms with Crippen molar-refractivity contribution in [1.29, 1.82) is 0 Å². The molecule has 0 saturated carbocycles. The number of esters is 2. The van der Waals surface area contributed by atoms with Gasteiger partial charge in [0.25, 0.3) is 0 Å². The van der Waals surface area contributed by atoms with E-state index in [2.05, 4.69) is 42.7 Å². The number of carboxylic acids is 1. The molecule has 0 aliphatic rings. The van der Waals surface area contributed by atoms with E-state index < -0.39 is 51.1 Å². The lowest BCUT2D eigenvalue weighted by atomic mass is 10.1. The first-order chi connectivity index (χ1) is 22.1. The van der Waals surface area contributed by atoms with Gasteiger partial charge in [-0.15, -0.1) is 0 Å². The maximum absolute atomic E-state index is 12.5. The van der Waals surface area contributed by atoms with Gasteiger partial charge < -0.3 is 25.2 Å². The van der Waals surface area contributed by atoms with E-state index in [1.54, 1.807) is 0 Å². The molecule has 0 amide bonds. The van der Waals surface area contributed by atoms with Crippen LogP contribution in [0.4, 0.5) is 0 Å². The van der Waals surface area contributed by atoms with E-state index in [1.165, 1.54) is 19.3 Å². The molecule has 264 valence electrons. The molecule has 12 heteroatoms. The first-order valence-electron chi connectivity index (χ1n) is 16.7. The summed E-state index contributed by atoms with van der Waals surface area (Å²) in [5.74, 6) is -2.46. The fourth-order valence-corrected chi connectivity index (χ4v) is 4.73. The van der Waals surface area contributed by atoms with Gasteiger partial charge in [0.15, 0.2) is 6.10 Å². The largest absolute Gasteiger partial charge is 0.480 e. The second kappa shape index (κ2) is 29.8. The van der Waals surface area contributed by atoms with E-state index in [9.17, 15) is 23.8 Å². The summed E-state index contributed by atoms with van der Waals surface area (Å²) in [7, 11) is -4.71. The maximum atomic E-state index is 12.5.